The summed E-state index contributed by atoms with van der Waals surface area (Å²) in [5, 5.41) is 14.4. The molecule has 0 amide bonds. The Morgan fingerprint density at radius 2 is 1.75 bits per heavy atom. The minimum Gasteiger partial charge on any atom is -0.278 e. The van der Waals surface area contributed by atoms with Crippen LogP contribution in [0.4, 0.5) is 4.39 Å². The number of benzene rings is 2. The molecular formula is C24H17ClFN5O4S. The van der Waals surface area contributed by atoms with Crippen LogP contribution in [0.3, 0.4) is 0 Å². The van der Waals surface area contributed by atoms with Gasteiger partial charge in [0.05, 0.1) is 39.1 Å². The second-order valence-corrected chi connectivity index (χ2v) is 9.78. The molecule has 4 rings (SSSR count). The van der Waals surface area contributed by atoms with Gasteiger partial charge in [0.1, 0.15) is 12.4 Å². The molecule has 2 aromatic heterocycles. The number of hydrogen-bond donors (Lipinski definition) is 1. The molecule has 2 heterocycles. The van der Waals surface area contributed by atoms with Gasteiger partial charge in [-0.25, -0.2) is 27.3 Å². The van der Waals surface area contributed by atoms with Crippen LogP contribution in [0.25, 0.3) is 28.1 Å². The lowest BCUT2D eigenvalue weighted by atomic mass is 9.99. The average molecular weight is 526 g/mol. The standard InChI is InChI=1S/C24H17ClFN5O4S/c1-14-10-17(13-29-12-14)31-23(32)21(16-4-7-20(26)19(25)11-16)22(30(9-8-27)24(31)33)15-2-5-18(6-3-15)36(28,34)35/h2-7,10-13H,9H2,1H3,(H2,28,34,35). The number of hydrogen-bond acceptors (Lipinski definition) is 6. The Balaban J connectivity index is 2.18. The smallest absolute Gasteiger partial charge is 0.278 e. The van der Waals surface area contributed by atoms with Crippen molar-refractivity contribution in [1.29, 1.82) is 5.26 Å². The summed E-state index contributed by atoms with van der Waals surface area (Å²) >= 11 is 6.00. The molecule has 2 N–H and O–H groups in total. The molecule has 182 valence electrons. The van der Waals surface area contributed by atoms with E-state index in [2.05, 4.69) is 4.98 Å². The third-order valence-corrected chi connectivity index (χ3v) is 6.58. The maximum Gasteiger partial charge on any atom is 0.337 e. The first-order chi connectivity index (χ1) is 17.0. The van der Waals surface area contributed by atoms with Crippen molar-refractivity contribution in [3.05, 3.63) is 98.2 Å². The molecule has 2 aromatic carbocycles. The second-order valence-electron chi connectivity index (χ2n) is 7.81. The van der Waals surface area contributed by atoms with Gasteiger partial charge in [-0.1, -0.05) is 29.8 Å². The normalized spacial score (nSPS) is 11.3. The summed E-state index contributed by atoms with van der Waals surface area (Å²) in [6.07, 6.45) is 2.87. The zero-order valence-electron chi connectivity index (χ0n) is 18.6. The fourth-order valence-corrected chi connectivity index (χ4v) is 4.47. The molecule has 12 heteroatoms. The van der Waals surface area contributed by atoms with Gasteiger partial charge in [-0.05, 0) is 53.9 Å². The molecule has 0 fully saturated rings. The molecule has 0 unspecified atom stereocenters. The lowest BCUT2D eigenvalue weighted by molar-refractivity contribution is 0.598. The SMILES string of the molecule is Cc1cncc(-n2c(=O)c(-c3ccc(F)c(Cl)c3)c(-c3ccc(S(N)(=O)=O)cc3)n(CC#N)c2=O)c1. The van der Waals surface area contributed by atoms with Gasteiger partial charge in [-0.15, -0.1) is 0 Å². The molecule has 4 aromatic rings. The summed E-state index contributed by atoms with van der Waals surface area (Å²) < 4.78 is 39.3. The van der Waals surface area contributed by atoms with Crippen LogP contribution >= 0.6 is 11.6 Å². The van der Waals surface area contributed by atoms with Crippen molar-refractivity contribution in [1.82, 2.24) is 14.1 Å². The summed E-state index contributed by atoms with van der Waals surface area (Å²) in [6.45, 7) is 1.28. The van der Waals surface area contributed by atoms with Crippen molar-refractivity contribution in [3.63, 3.8) is 0 Å². The fourth-order valence-electron chi connectivity index (χ4n) is 3.77. The van der Waals surface area contributed by atoms with E-state index >= 15 is 0 Å². The Hall–Kier alpha value is -4.11. The highest BCUT2D eigenvalue weighted by molar-refractivity contribution is 7.89. The van der Waals surface area contributed by atoms with Crippen molar-refractivity contribution < 1.29 is 12.8 Å². The minimum atomic E-state index is -4.01. The molecule has 36 heavy (non-hydrogen) atoms. The van der Waals surface area contributed by atoms with E-state index in [1.54, 1.807) is 19.2 Å². The molecule has 0 atom stereocenters. The van der Waals surface area contributed by atoms with E-state index in [1.807, 2.05) is 6.07 Å². The Kier molecular flexibility index (Phi) is 6.60. The van der Waals surface area contributed by atoms with Crippen molar-refractivity contribution in [2.75, 3.05) is 0 Å². The molecule has 0 saturated carbocycles. The van der Waals surface area contributed by atoms with Crippen LogP contribution in [-0.2, 0) is 16.6 Å². The molecule has 0 saturated heterocycles. The number of nitrogens with zero attached hydrogens (tertiary/aromatic N) is 4. The van der Waals surface area contributed by atoms with E-state index in [-0.39, 0.29) is 38.0 Å². The molecule has 0 aliphatic rings. The van der Waals surface area contributed by atoms with Gasteiger partial charge in [0, 0.05) is 6.20 Å². The third kappa shape index (κ3) is 4.57. The van der Waals surface area contributed by atoms with Crippen molar-refractivity contribution in [3.8, 4) is 34.1 Å². The van der Waals surface area contributed by atoms with Crippen LogP contribution in [0.5, 0.6) is 0 Å². The second kappa shape index (κ2) is 9.50. The predicted octanol–water partition coefficient (Wildman–Crippen LogP) is 3.00. The first kappa shape index (κ1) is 25.0. The molecule has 0 aliphatic heterocycles. The lowest BCUT2D eigenvalue weighted by Gasteiger charge is -2.19. The highest BCUT2D eigenvalue weighted by Crippen LogP contribution is 2.32. The van der Waals surface area contributed by atoms with Crippen LogP contribution in [0.15, 0.2) is 75.4 Å². The summed E-state index contributed by atoms with van der Waals surface area (Å²) in [5.41, 5.74) is -0.355. The molecule has 0 bridgehead atoms. The summed E-state index contributed by atoms with van der Waals surface area (Å²) in [5.74, 6) is -0.715. The largest absolute Gasteiger partial charge is 0.337 e. The highest BCUT2D eigenvalue weighted by Gasteiger charge is 2.24. The first-order valence-electron chi connectivity index (χ1n) is 10.3. The van der Waals surface area contributed by atoms with E-state index in [0.717, 1.165) is 15.2 Å². The number of primary sulfonamides is 1. The van der Waals surface area contributed by atoms with E-state index in [1.165, 1.54) is 42.6 Å². The van der Waals surface area contributed by atoms with E-state index < -0.39 is 33.6 Å². The van der Waals surface area contributed by atoms with Crippen LogP contribution in [0, 0.1) is 24.1 Å². The Morgan fingerprint density at radius 1 is 1.08 bits per heavy atom. The van der Waals surface area contributed by atoms with Gasteiger partial charge in [0.2, 0.25) is 10.0 Å². The Labute approximate surface area is 209 Å². The number of sulfonamides is 1. The zero-order valence-corrected chi connectivity index (χ0v) is 20.2. The average Bonchev–Trinajstić information content (AvgIpc) is 2.82. The summed E-state index contributed by atoms with van der Waals surface area (Å²) in [4.78, 5) is 31.3. The minimum absolute atomic E-state index is 0.0204. The maximum absolute atomic E-state index is 14.0. The van der Waals surface area contributed by atoms with Crippen LogP contribution in [0.2, 0.25) is 5.02 Å². The Morgan fingerprint density at radius 3 is 2.33 bits per heavy atom. The number of nitriles is 1. The molecule has 0 radical (unpaired) electrons. The topological polar surface area (TPSA) is 141 Å². The number of halogens is 2. The maximum atomic E-state index is 14.0. The van der Waals surface area contributed by atoms with Gasteiger partial charge in [0.25, 0.3) is 5.56 Å². The fraction of sp³-hybridized carbons (Fsp3) is 0.0833. The number of rotatable bonds is 5. The van der Waals surface area contributed by atoms with Gasteiger partial charge in [-0.2, -0.15) is 5.26 Å². The van der Waals surface area contributed by atoms with Gasteiger partial charge >= 0.3 is 5.69 Å². The van der Waals surface area contributed by atoms with E-state index in [9.17, 15) is 27.7 Å². The predicted molar refractivity (Wildman–Crippen MR) is 132 cm³/mol. The van der Waals surface area contributed by atoms with Crippen LogP contribution < -0.4 is 16.4 Å². The van der Waals surface area contributed by atoms with E-state index in [0.29, 0.717) is 5.56 Å². The zero-order chi connectivity index (χ0) is 26.2. The number of nitrogens with two attached hydrogens (primary N) is 1. The van der Waals surface area contributed by atoms with Crippen molar-refractivity contribution in [2.24, 2.45) is 5.14 Å². The molecule has 0 aliphatic carbocycles. The van der Waals surface area contributed by atoms with Crippen LogP contribution in [0.1, 0.15) is 5.56 Å². The molecule has 0 spiro atoms. The van der Waals surface area contributed by atoms with E-state index in [4.69, 9.17) is 16.7 Å². The number of aryl methyl sites for hydroxylation is 1. The lowest BCUT2D eigenvalue weighted by Crippen LogP contribution is -2.40. The quantitative estimate of drug-likeness (QED) is 0.424. The van der Waals surface area contributed by atoms with Gasteiger partial charge < -0.3 is 0 Å². The first-order valence-corrected chi connectivity index (χ1v) is 12.2. The highest BCUT2D eigenvalue weighted by atomic mass is 35.5. The summed E-state index contributed by atoms with van der Waals surface area (Å²) in [6, 6.07) is 12.2. The Bertz CT molecular complexity index is 1770. The number of aromatic nitrogens is 3. The van der Waals surface area contributed by atoms with Crippen molar-refractivity contribution in [2.45, 2.75) is 18.4 Å². The third-order valence-electron chi connectivity index (χ3n) is 5.36. The number of pyridine rings is 1. The van der Waals surface area contributed by atoms with Gasteiger partial charge in [-0.3, -0.25) is 14.3 Å². The monoisotopic (exact) mass is 525 g/mol. The van der Waals surface area contributed by atoms with Crippen LogP contribution in [-0.4, -0.2) is 22.5 Å². The van der Waals surface area contributed by atoms with Crippen molar-refractivity contribution >= 4 is 21.6 Å². The molecule has 9 nitrogen and oxygen atoms in total. The summed E-state index contributed by atoms with van der Waals surface area (Å²) in [7, 11) is -4.01. The molecular weight excluding hydrogens is 509 g/mol. The van der Waals surface area contributed by atoms with Gasteiger partial charge in [0.15, 0.2) is 0 Å².